The molecule has 5 aromatic rings. The van der Waals surface area contributed by atoms with Crippen molar-refractivity contribution in [1.82, 2.24) is 35.0 Å². The Balaban J connectivity index is 1.35. The van der Waals surface area contributed by atoms with Crippen LogP contribution in [-0.2, 0) is 14.3 Å². The largest absolute Gasteiger partial charge is 0.463 e. The van der Waals surface area contributed by atoms with Gasteiger partial charge in [-0.1, -0.05) is 59.0 Å². The van der Waals surface area contributed by atoms with Crippen LogP contribution in [0.5, 0.6) is 0 Å². The summed E-state index contributed by atoms with van der Waals surface area (Å²) in [7, 11) is 0. The zero-order valence-corrected chi connectivity index (χ0v) is 20.0. The number of carbonyl (C=O) groups excluding carboxylic acids is 1. The molecule has 4 heterocycles. The number of hydrogen-bond acceptors (Lipinski definition) is 9. The van der Waals surface area contributed by atoms with Gasteiger partial charge >= 0.3 is 5.97 Å². The molecular formula is C25H21N7O3S. The molecule has 0 bridgehead atoms. The standard InChI is InChI=1S/C25H21N7O3S/c1-16(33)34-14-18-10-11-22(31-12-20(27-29-31)17-6-3-2-4-7-17)24(35-18)21-13-32(30-28-21)23-9-5-8-19-25(23)36-15-26-19/h2-13,15,18,22,24H,14H2,1H3/t18-,22+,24+/m0/s1. The average molecular weight is 500 g/mol. The number of esters is 1. The molecule has 1 aliphatic rings. The normalized spacial score (nSPS) is 19.5. The molecule has 0 aliphatic carbocycles. The van der Waals surface area contributed by atoms with Crippen LogP contribution in [0.1, 0.15) is 24.8 Å². The zero-order valence-electron chi connectivity index (χ0n) is 19.2. The fraction of sp³-hybridized carbons (Fsp3) is 0.200. The lowest BCUT2D eigenvalue weighted by Crippen LogP contribution is -2.31. The van der Waals surface area contributed by atoms with Gasteiger partial charge in [-0.15, -0.1) is 21.5 Å². The van der Waals surface area contributed by atoms with Crippen LogP contribution in [-0.4, -0.2) is 53.7 Å². The fourth-order valence-electron chi connectivity index (χ4n) is 4.16. The van der Waals surface area contributed by atoms with Gasteiger partial charge in [0.15, 0.2) is 0 Å². The highest BCUT2D eigenvalue weighted by molar-refractivity contribution is 7.17. The lowest BCUT2D eigenvalue weighted by atomic mass is 10.0. The topological polar surface area (TPSA) is 110 Å². The Morgan fingerprint density at radius 1 is 1.06 bits per heavy atom. The molecule has 3 aromatic heterocycles. The summed E-state index contributed by atoms with van der Waals surface area (Å²) >= 11 is 1.55. The van der Waals surface area contributed by atoms with Crippen LogP contribution >= 0.6 is 11.3 Å². The summed E-state index contributed by atoms with van der Waals surface area (Å²) in [6.07, 6.45) is 6.63. The van der Waals surface area contributed by atoms with E-state index in [9.17, 15) is 4.79 Å². The first-order valence-electron chi connectivity index (χ1n) is 11.3. The van der Waals surface area contributed by atoms with Gasteiger partial charge in [-0.25, -0.2) is 14.3 Å². The Morgan fingerprint density at radius 2 is 1.94 bits per heavy atom. The van der Waals surface area contributed by atoms with Crippen LogP contribution in [0.25, 0.3) is 27.2 Å². The van der Waals surface area contributed by atoms with Crippen molar-refractivity contribution >= 4 is 27.5 Å². The van der Waals surface area contributed by atoms with Crippen molar-refractivity contribution in [3.8, 4) is 16.9 Å². The van der Waals surface area contributed by atoms with E-state index >= 15 is 0 Å². The molecule has 6 rings (SSSR count). The Labute approximate surface area is 209 Å². The quantitative estimate of drug-likeness (QED) is 0.255. The smallest absolute Gasteiger partial charge is 0.302 e. The average Bonchev–Trinajstić information content (AvgIpc) is 3.68. The second-order valence-corrected chi connectivity index (χ2v) is 9.14. The van der Waals surface area contributed by atoms with E-state index in [1.54, 1.807) is 20.7 Å². The fourth-order valence-corrected chi connectivity index (χ4v) is 4.95. The number of ether oxygens (including phenoxy) is 2. The number of carbonyl (C=O) groups is 1. The molecule has 0 saturated carbocycles. The van der Waals surface area contributed by atoms with E-state index < -0.39 is 12.2 Å². The lowest BCUT2D eigenvalue weighted by Gasteiger charge is -2.30. The van der Waals surface area contributed by atoms with Crippen LogP contribution in [0.15, 0.2) is 78.6 Å². The van der Waals surface area contributed by atoms with Crippen molar-refractivity contribution < 1.29 is 14.3 Å². The highest BCUT2D eigenvalue weighted by Crippen LogP contribution is 2.36. The van der Waals surface area contributed by atoms with Gasteiger partial charge in [0, 0.05) is 12.5 Å². The van der Waals surface area contributed by atoms with Crippen molar-refractivity contribution in [2.24, 2.45) is 0 Å². The molecule has 0 N–H and O–H groups in total. The summed E-state index contributed by atoms with van der Waals surface area (Å²) in [4.78, 5) is 15.7. The van der Waals surface area contributed by atoms with Crippen molar-refractivity contribution in [2.45, 2.75) is 25.2 Å². The third-order valence-electron chi connectivity index (χ3n) is 5.88. The molecule has 0 amide bonds. The molecule has 11 heteroatoms. The van der Waals surface area contributed by atoms with Gasteiger partial charge in [0.05, 0.1) is 33.8 Å². The first-order chi connectivity index (χ1) is 17.7. The number of rotatable bonds is 6. The van der Waals surface area contributed by atoms with Crippen LogP contribution in [0.2, 0.25) is 0 Å². The van der Waals surface area contributed by atoms with Gasteiger partial charge in [-0.3, -0.25) is 4.79 Å². The molecule has 0 radical (unpaired) electrons. The summed E-state index contributed by atoms with van der Waals surface area (Å²) in [6.45, 7) is 1.48. The number of hydrogen-bond donors (Lipinski definition) is 0. The van der Waals surface area contributed by atoms with Gasteiger partial charge in [0.1, 0.15) is 36.2 Å². The first-order valence-corrected chi connectivity index (χ1v) is 12.2. The van der Waals surface area contributed by atoms with Gasteiger partial charge in [-0.2, -0.15) is 0 Å². The molecule has 36 heavy (non-hydrogen) atoms. The minimum absolute atomic E-state index is 0.107. The summed E-state index contributed by atoms with van der Waals surface area (Å²) in [5.74, 6) is -0.363. The van der Waals surface area contributed by atoms with E-state index in [4.69, 9.17) is 9.47 Å². The minimum atomic E-state index is -0.532. The second-order valence-electron chi connectivity index (χ2n) is 8.29. The molecule has 0 fully saturated rings. The van der Waals surface area contributed by atoms with Crippen molar-refractivity contribution in [1.29, 1.82) is 0 Å². The third kappa shape index (κ3) is 4.30. The van der Waals surface area contributed by atoms with Crippen LogP contribution < -0.4 is 0 Å². The highest BCUT2D eigenvalue weighted by atomic mass is 32.1. The maximum atomic E-state index is 11.4. The van der Waals surface area contributed by atoms with E-state index in [2.05, 4.69) is 25.6 Å². The van der Waals surface area contributed by atoms with Gasteiger partial charge in [0.25, 0.3) is 0 Å². The third-order valence-corrected chi connectivity index (χ3v) is 6.74. The van der Waals surface area contributed by atoms with Gasteiger partial charge in [-0.05, 0) is 12.1 Å². The summed E-state index contributed by atoms with van der Waals surface area (Å²) in [5, 5.41) is 17.6. The van der Waals surface area contributed by atoms with Gasteiger partial charge in [0.2, 0.25) is 0 Å². The molecule has 3 atom stereocenters. The summed E-state index contributed by atoms with van der Waals surface area (Å²) in [5.41, 5.74) is 5.95. The van der Waals surface area contributed by atoms with Crippen molar-refractivity contribution in [3.05, 3.63) is 84.3 Å². The highest BCUT2D eigenvalue weighted by Gasteiger charge is 2.34. The lowest BCUT2D eigenvalue weighted by molar-refractivity contribution is -0.146. The molecule has 0 saturated heterocycles. The molecule has 0 unspecified atom stereocenters. The molecule has 180 valence electrons. The second kappa shape index (κ2) is 9.44. The number of benzene rings is 2. The predicted molar refractivity (Wildman–Crippen MR) is 132 cm³/mol. The summed E-state index contributed by atoms with van der Waals surface area (Å²) in [6, 6.07) is 15.4. The number of fused-ring (bicyclic) bond motifs is 1. The van der Waals surface area contributed by atoms with E-state index in [1.165, 1.54) is 6.92 Å². The molecular weight excluding hydrogens is 478 g/mol. The minimum Gasteiger partial charge on any atom is -0.463 e. The maximum Gasteiger partial charge on any atom is 0.302 e. The maximum absolute atomic E-state index is 11.4. The monoisotopic (exact) mass is 499 g/mol. The Kier molecular flexibility index (Phi) is 5.84. The number of nitrogens with zero attached hydrogens (tertiary/aromatic N) is 7. The van der Waals surface area contributed by atoms with E-state index in [0.29, 0.717) is 5.69 Å². The SMILES string of the molecule is CC(=O)OC[C@@H]1C=C[C@@H](n2cc(-c3ccccc3)nn2)[C@@H](c2cn(-c3cccc4ncsc34)nn2)O1. The zero-order chi connectivity index (χ0) is 24.5. The van der Waals surface area contributed by atoms with E-state index in [-0.39, 0.29) is 18.6 Å². The van der Waals surface area contributed by atoms with Crippen molar-refractivity contribution in [3.63, 3.8) is 0 Å². The van der Waals surface area contributed by atoms with Crippen molar-refractivity contribution in [2.75, 3.05) is 6.61 Å². The molecule has 10 nitrogen and oxygen atoms in total. The van der Waals surface area contributed by atoms with Crippen LogP contribution in [0.4, 0.5) is 0 Å². The summed E-state index contributed by atoms with van der Waals surface area (Å²) < 4.78 is 16.0. The van der Waals surface area contributed by atoms with Crippen LogP contribution in [0.3, 0.4) is 0 Å². The van der Waals surface area contributed by atoms with E-state index in [0.717, 1.165) is 27.2 Å². The number of thiazole rings is 1. The Hall–Kier alpha value is -4.22. The molecule has 2 aromatic carbocycles. The first kappa shape index (κ1) is 22.3. The Bertz CT molecular complexity index is 1540. The Morgan fingerprint density at radius 3 is 2.81 bits per heavy atom. The van der Waals surface area contributed by atoms with Crippen LogP contribution in [0, 0.1) is 0 Å². The molecule has 1 aliphatic heterocycles. The predicted octanol–water partition coefficient (Wildman–Crippen LogP) is 3.94. The number of aromatic nitrogens is 7. The van der Waals surface area contributed by atoms with Gasteiger partial charge < -0.3 is 9.47 Å². The molecule has 0 spiro atoms. The van der Waals surface area contributed by atoms with E-state index in [1.807, 2.05) is 78.6 Å².